The van der Waals surface area contributed by atoms with Crippen molar-refractivity contribution in [2.24, 2.45) is 0 Å². The van der Waals surface area contributed by atoms with Gasteiger partial charge >= 0.3 is 0 Å². The molecule has 1 amide bonds. The number of amides is 1. The minimum absolute atomic E-state index is 0.0492. The standard InChI is InChI=1S/C16H25N3O2/c1-2-8-18-15-12-17-9-7-14(15)16(20)19-10-6-13-5-3-4-11-21-13/h7,9,12-13,18H,2-6,8,10-11H2,1H3,(H,19,20). The van der Waals surface area contributed by atoms with Crippen molar-refractivity contribution in [3.05, 3.63) is 24.0 Å². The molecule has 0 radical (unpaired) electrons. The maximum Gasteiger partial charge on any atom is 0.253 e. The summed E-state index contributed by atoms with van der Waals surface area (Å²) in [4.78, 5) is 16.3. The number of hydrogen-bond acceptors (Lipinski definition) is 4. The molecule has 5 nitrogen and oxygen atoms in total. The molecule has 1 atom stereocenters. The van der Waals surface area contributed by atoms with Crippen LogP contribution in [0.15, 0.2) is 18.5 Å². The van der Waals surface area contributed by atoms with E-state index in [0.717, 1.165) is 44.5 Å². The predicted octanol–water partition coefficient (Wildman–Crippen LogP) is 2.59. The molecule has 1 unspecified atom stereocenters. The van der Waals surface area contributed by atoms with E-state index >= 15 is 0 Å². The molecule has 1 aliphatic heterocycles. The van der Waals surface area contributed by atoms with Crippen molar-refractivity contribution >= 4 is 11.6 Å². The zero-order chi connectivity index (χ0) is 14.9. The number of ether oxygens (including phenoxy) is 1. The molecule has 2 rings (SSSR count). The van der Waals surface area contributed by atoms with Gasteiger partial charge in [0.05, 0.1) is 23.6 Å². The molecule has 1 aromatic heterocycles. The average molecular weight is 291 g/mol. The quantitative estimate of drug-likeness (QED) is 0.810. The molecule has 0 bridgehead atoms. The summed E-state index contributed by atoms with van der Waals surface area (Å²) in [5.41, 5.74) is 1.45. The molecule has 2 heterocycles. The van der Waals surface area contributed by atoms with E-state index in [9.17, 15) is 4.79 Å². The monoisotopic (exact) mass is 291 g/mol. The van der Waals surface area contributed by atoms with Crippen molar-refractivity contribution in [3.63, 3.8) is 0 Å². The van der Waals surface area contributed by atoms with E-state index in [1.165, 1.54) is 6.42 Å². The van der Waals surface area contributed by atoms with E-state index in [-0.39, 0.29) is 5.91 Å². The topological polar surface area (TPSA) is 63.2 Å². The average Bonchev–Trinajstić information content (AvgIpc) is 2.54. The van der Waals surface area contributed by atoms with Crippen molar-refractivity contribution in [1.29, 1.82) is 0 Å². The molecule has 1 aromatic rings. The van der Waals surface area contributed by atoms with Crippen LogP contribution in [-0.4, -0.2) is 36.7 Å². The minimum Gasteiger partial charge on any atom is -0.383 e. The molecule has 5 heteroatoms. The van der Waals surface area contributed by atoms with Crippen molar-refractivity contribution in [2.75, 3.05) is 25.0 Å². The van der Waals surface area contributed by atoms with Crippen LogP contribution in [0.3, 0.4) is 0 Å². The van der Waals surface area contributed by atoms with Gasteiger partial charge in [-0.25, -0.2) is 0 Å². The lowest BCUT2D eigenvalue weighted by Crippen LogP contribution is -2.30. The second-order valence-electron chi connectivity index (χ2n) is 5.38. The number of nitrogens with zero attached hydrogens (tertiary/aromatic N) is 1. The highest BCUT2D eigenvalue weighted by molar-refractivity contribution is 5.99. The fourth-order valence-electron chi connectivity index (χ4n) is 2.47. The summed E-state index contributed by atoms with van der Waals surface area (Å²) in [6, 6.07) is 1.75. The molecule has 1 saturated heterocycles. The van der Waals surface area contributed by atoms with Crippen LogP contribution in [0.4, 0.5) is 5.69 Å². The third-order valence-corrected chi connectivity index (χ3v) is 3.66. The van der Waals surface area contributed by atoms with Gasteiger partial charge in [0.1, 0.15) is 0 Å². The number of nitrogens with one attached hydrogen (secondary N) is 2. The van der Waals surface area contributed by atoms with Gasteiger partial charge in [-0.2, -0.15) is 0 Å². The molecule has 0 aliphatic carbocycles. The highest BCUT2D eigenvalue weighted by Gasteiger charge is 2.15. The third kappa shape index (κ3) is 5.01. The van der Waals surface area contributed by atoms with Crippen LogP contribution in [0.25, 0.3) is 0 Å². The van der Waals surface area contributed by atoms with E-state index in [1.54, 1.807) is 18.5 Å². The Balaban J connectivity index is 1.82. The number of rotatable bonds is 7. The molecule has 0 saturated carbocycles. The Morgan fingerprint density at radius 1 is 1.43 bits per heavy atom. The van der Waals surface area contributed by atoms with Gasteiger partial charge in [0, 0.05) is 25.9 Å². The Hall–Kier alpha value is -1.62. The van der Waals surface area contributed by atoms with Gasteiger partial charge in [-0.3, -0.25) is 9.78 Å². The van der Waals surface area contributed by atoms with Crippen LogP contribution in [0.5, 0.6) is 0 Å². The Morgan fingerprint density at radius 3 is 3.10 bits per heavy atom. The first kappa shape index (κ1) is 15.8. The number of aromatic nitrogens is 1. The summed E-state index contributed by atoms with van der Waals surface area (Å²) in [5.74, 6) is -0.0492. The minimum atomic E-state index is -0.0492. The first-order valence-electron chi connectivity index (χ1n) is 7.89. The van der Waals surface area contributed by atoms with Gasteiger partial charge in [-0.05, 0) is 38.2 Å². The van der Waals surface area contributed by atoms with E-state index in [0.29, 0.717) is 18.2 Å². The van der Waals surface area contributed by atoms with Crippen LogP contribution in [0.1, 0.15) is 49.4 Å². The largest absolute Gasteiger partial charge is 0.383 e. The third-order valence-electron chi connectivity index (χ3n) is 3.66. The van der Waals surface area contributed by atoms with Gasteiger partial charge in [0.15, 0.2) is 0 Å². The summed E-state index contributed by atoms with van der Waals surface area (Å²) in [6.07, 6.45) is 9.04. The maximum atomic E-state index is 12.3. The number of hydrogen-bond donors (Lipinski definition) is 2. The predicted molar refractivity (Wildman–Crippen MR) is 83.6 cm³/mol. The molecule has 116 valence electrons. The highest BCUT2D eigenvalue weighted by Crippen LogP contribution is 2.16. The first-order valence-corrected chi connectivity index (χ1v) is 7.89. The van der Waals surface area contributed by atoms with Gasteiger partial charge in [-0.15, -0.1) is 0 Å². The van der Waals surface area contributed by atoms with E-state index in [4.69, 9.17) is 4.74 Å². The fraction of sp³-hybridized carbons (Fsp3) is 0.625. The van der Waals surface area contributed by atoms with E-state index in [2.05, 4.69) is 22.5 Å². The van der Waals surface area contributed by atoms with Gasteiger partial charge in [0.25, 0.3) is 5.91 Å². The van der Waals surface area contributed by atoms with Gasteiger partial charge in [-0.1, -0.05) is 6.92 Å². The summed E-state index contributed by atoms with van der Waals surface area (Å²) < 4.78 is 5.67. The normalized spacial score (nSPS) is 18.2. The molecule has 1 fully saturated rings. The van der Waals surface area contributed by atoms with E-state index < -0.39 is 0 Å². The molecule has 1 aliphatic rings. The Morgan fingerprint density at radius 2 is 2.33 bits per heavy atom. The lowest BCUT2D eigenvalue weighted by Gasteiger charge is -2.22. The fourth-order valence-corrected chi connectivity index (χ4v) is 2.47. The van der Waals surface area contributed by atoms with Crippen LogP contribution in [0.2, 0.25) is 0 Å². The molecule has 2 N–H and O–H groups in total. The molecular weight excluding hydrogens is 266 g/mol. The number of carbonyl (C=O) groups is 1. The van der Waals surface area contributed by atoms with Gasteiger partial charge in [0.2, 0.25) is 0 Å². The first-order chi connectivity index (χ1) is 10.3. The smallest absolute Gasteiger partial charge is 0.253 e. The Bertz CT molecular complexity index is 445. The molecule has 0 aromatic carbocycles. The Kier molecular flexibility index (Phi) is 6.47. The summed E-state index contributed by atoms with van der Waals surface area (Å²) in [6.45, 7) is 4.43. The zero-order valence-corrected chi connectivity index (χ0v) is 12.7. The highest BCUT2D eigenvalue weighted by atomic mass is 16.5. The van der Waals surface area contributed by atoms with E-state index in [1.807, 2.05) is 0 Å². The number of anilines is 1. The van der Waals surface area contributed by atoms with Crippen molar-refractivity contribution < 1.29 is 9.53 Å². The van der Waals surface area contributed by atoms with Crippen LogP contribution in [-0.2, 0) is 4.74 Å². The summed E-state index contributed by atoms with van der Waals surface area (Å²) in [7, 11) is 0. The van der Waals surface area contributed by atoms with Crippen molar-refractivity contribution in [2.45, 2.75) is 45.1 Å². The second kappa shape index (κ2) is 8.62. The molecule has 0 spiro atoms. The summed E-state index contributed by atoms with van der Waals surface area (Å²) >= 11 is 0. The number of pyridine rings is 1. The van der Waals surface area contributed by atoms with Crippen molar-refractivity contribution in [1.82, 2.24) is 10.3 Å². The SMILES string of the molecule is CCCNc1cnccc1C(=O)NCCC1CCCCO1. The maximum absolute atomic E-state index is 12.3. The summed E-state index contributed by atoms with van der Waals surface area (Å²) in [5, 5.41) is 6.21. The number of carbonyl (C=O) groups excluding carboxylic acids is 1. The van der Waals surface area contributed by atoms with Crippen LogP contribution >= 0.6 is 0 Å². The lowest BCUT2D eigenvalue weighted by molar-refractivity contribution is 0.0117. The molecular formula is C16H25N3O2. The second-order valence-corrected chi connectivity index (χ2v) is 5.38. The zero-order valence-electron chi connectivity index (χ0n) is 12.7. The van der Waals surface area contributed by atoms with Crippen LogP contribution < -0.4 is 10.6 Å². The molecule has 21 heavy (non-hydrogen) atoms. The Labute approximate surface area is 126 Å². The van der Waals surface area contributed by atoms with Crippen LogP contribution in [0, 0.1) is 0 Å². The van der Waals surface area contributed by atoms with Gasteiger partial charge < -0.3 is 15.4 Å². The lowest BCUT2D eigenvalue weighted by atomic mass is 10.1. The van der Waals surface area contributed by atoms with Crippen molar-refractivity contribution in [3.8, 4) is 0 Å².